The Morgan fingerprint density at radius 2 is 2.04 bits per heavy atom. The van der Waals surface area contributed by atoms with Crippen molar-refractivity contribution in [1.29, 1.82) is 0 Å². The first kappa shape index (κ1) is 18.4. The molecule has 1 aliphatic rings. The molecule has 146 valence electrons. The van der Waals surface area contributed by atoms with Crippen LogP contribution >= 0.6 is 0 Å². The first-order valence-electron chi connectivity index (χ1n) is 9.79. The second-order valence-electron chi connectivity index (χ2n) is 7.44. The molecule has 1 unspecified atom stereocenters. The summed E-state index contributed by atoms with van der Waals surface area (Å²) in [5.74, 6) is 2.65. The van der Waals surface area contributed by atoms with Gasteiger partial charge in [0.15, 0.2) is 0 Å². The van der Waals surface area contributed by atoms with Crippen molar-refractivity contribution < 1.29 is 4.74 Å². The second kappa shape index (κ2) is 7.96. The lowest BCUT2D eigenvalue weighted by atomic mass is 10.0. The molecule has 4 rings (SSSR count). The Hall–Kier alpha value is -2.96. The predicted molar refractivity (Wildman–Crippen MR) is 108 cm³/mol. The van der Waals surface area contributed by atoms with Crippen molar-refractivity contribution in [3.05, 3.63) is 47.2 Å². The van der Waals surface area contributed by atoms with Gasteiger partial charge in [0.1, 0.15) is 11.6 Å². The number of ether oxygens (including phenoxy) is 1. The summed E-state index contributed by atoms with van der Waals surface area (Å²) in [6.07, 6.45) is 6.22. The van der Waals surface area contributed by atoms with E-state index in [0.717, 1.165) is 60.5 Å². The number of pyridine rings is 1. The smallest absolute Gasteiger partial charge is 0.204 e. The highest BCUT2D eigenvalue weighted by molar-refractivity contribution is 5.60. The van der Waals surface area contributed by atoms with Crippen LogP contribution in [-0.2, 0) is 13.5 Å². The fourth-order valence-corrected chi connectivity index (χ4v) is 3.79. The van der Waals surface area contributed by atoms with Gasteiger partial charge < -0.3 is 10.1 Å². The van der Waals surface area contributed by atoms with Crippen molar-refractivity contribution in [1.82, 2.24) is 25.2 Å². The van der Waals surface area contributed by atoms with Gasteiger partial charge in [0.2, 0.25) is 5.82 Å². The number of hydrogen-bond acceptors (Lipinski definition) is 6. The van der Waals surface area contributed by atoms with E-state index in [1.54, 1.807) is 7.05 Å². The van der Waals surface area contributed by atoms with E-state index >= 15 is 0 Å². The van der Waals surface area contributed by atoms with E-state index in [4.69, 9.17) is 4.74 Å². The van der Waals surface area contributed by atoms with Gasteiger partial charge in [-0.25, -0.2) is 4.98 Å². The topological polar surface area (TPSA) is 77.8 Å². The van der Waals surface area contributed by atoms with Gasteiger partial charge in [-0.15, -0.1) is 10.2 Å². The minimum atomic E-state index is 0.493. The third-order valence-corrected chi connectivity index (χ3v) is 5.12. The minimum absolute atomic E-state index is 0.493. The average Bonchev–Trinajstić information content (AvgIpc) is 3.29. The molecule has 7 heteroatoms. The number of fused-ring (bicyclic) bond motifs is 1. The van der Waals surface area contributed by atoms with E-state index in [1.807, 2.05) is 12.3 Å². The van der Waals surface area contributed by atoms with Crippen LogP contribution in [0.15, 0.2) is 30.5 Å². The normalized spacial score (nSPS) is 15.3. The summed E-state index contributed by atoms with van der Waals surface area (Å²) in [6, 6.07) is 8.78. The van der Waals surface area contributed by atoms with E-state index in [1.165, 1.54) is 10.4 Å². The molecule has 0 radical (unpaired) electrons. The molecule has 0 aliphatic carbocycles. The Balaban J connectivity index is 1.26. The molecular weight excluding hydrogens is 352 g/mol. The van der Waals surface area contributed by atoms with Gasteiger partial charge in [0.25, 0.3) is 0 Å². The van der Waals surface area contributed by atoms with Gasteiger partial charge in [-0.2, -0.15) is 4.80 Å². The molecule has 0 spiro atoms. The SMILES string of the molecule is Cc1cc(-c2nnn(C)n2)cc(C)c1OCCCCC1Cc2cccnc2N1. The lowest BCUT2D eigenvalue weighted by molar-refractivity contribution is 0.300. The summed E-state index contributed by atoms with van der Waals surface area (Å²) in [4.78, 5) is 5.86. The van der Waals surface area contributed by atoms with E-state index < -0.39 is 0 Å². The Kier molecular flexibility index (Phi) is 5.23. The summed E-state index contributed by atoms with van der Waals surface area (Å²) in [7, 11) is 1.77. The zero-order chi connectivity index (χ0) is 19.5. The number of nitrogens with one attached hydrogen (secondary N) is 1. The third-order valence-electron chi connectivity index (χ3n) is 5.12. The lowest BCUT2D eigenvalue weighted by Crippen LogP contribution is -2.15. The number of tetrazole rings is 1. The molecule has 0 amide bonds. The summed E-state index contributed by atoms with van der Waals surface area (Å²) < 4.78 is 6.10. The third kappa shape index (κ3) is 3.98. The van der Waals surface area contributed by atoms with Crippen LogP contribution in [0.5, 0.6) is 5.75 Å². The highest BCUT2D eigenvalue weighted by Crippen LogP contribution is 2.29. The van der Waals surface area contributed by atoms with E-state index in [0.29, 0.717) is 11.9 Å². The molecule has 0 bridgehead atoms. The van der Waals surface area contributed by atoms with Gasteiger partial charge in [-0.1, -0.05) is 6.07 Å². The molecule has 1 aromatic carbocycles. The first-order valence-corrected chi connectivity index (χ1v) is 9.79. The van der Waals surface area contributed by atoms with Gasteiger partial charge in [-0.3, -0.25) is 0 Å². The monoisotopic (exact) mass is 378 g/mol. The maximum atomic E-state index is 6.10. The molecule has 3 heterocycles. The van der Waals surface area contributed by atoms with Crippen molar-refractivity contribution in [3.63, 3.8) is 0 Å². The molecular formula is C21H26N6O. The highest BCUT2D eigenvalue weighted by Gasteiger charge is 2.20. The first-order chi connectivity index (χ1) is 13.6. The van der Waals surface area contributed by atoms with Crippen LogP contribution < -0.4 is 10.1 Å². The maximum absolute atomic E-state index is 6.10. The summed E-state index contributed by atoms with van der Waals surface area (Å²) in [5.41, 5.74) is 4.49. The van der Waals surface area contributed by atoms with Crippen LogP contribution in [0.4, 0.5) is 5.82 Å². The van der Waals surface area contributed by atoms with Crippen molar-refractivity contribution in [2.45, 2.75) is 45.6 Å². The molecule has 7 nitrogen and oxygen atoms in total. The number of benzene rings is 1. The standard InChI is InChI=1S/C21H26N6O/c1-14-11-17(21-24-26-27(3)25-21)12-15(2)19(14)28-10-5-4-8-18-13-16-7-6-9-22-20(16)23-18/h6-7,9,11-12,18H,4-5,8,10,13H2,1-3H3,(H,22,23). The number of aromatic nitrogens is 5. The van der Waals surface area contributed by atoms with Crippen molar-refractivity contribution in [3.8, 4) is 17.1 Å². The van der Waals surface area contributed by atoms with Crippen molar-refractivity contribution in [2.24, 2.45) is 7.05 Å². The van der Waals surface area contributed by atoms with Gasteiger partial charge in [0.05, 0.1) is 13.7 Å². The molecule has 1 aliphatic heterocycles. The fourth-order valence-electron chi connectivity index (χ4n) is 3.79. The zero-order valence-corrected chi connectivity index (χ0v) is 16.6. The number of unbranched alkanes of at least 4 members (excludes halogenated alkanes) is 1. The minimum Gasteiger partial charge on any atom is -0.493 e. The molecule has 0 saturated carbocycles. The van der Waals surface area contributed by atoms with E-state index in [-0.39, 0.29) is 0 Å². The average molecular weight is 378 g/mol. The quantitative estimate of drug-likeness (QED) is 0.634. The number of aryl methyl sites for hydroxylation is 3. The molecule has 3 aromatic rings. The highest BCUT2D eigenvalue weighted by atomic mass is 16.5. The van der Waals surface area contributed by atoms with Gasteiger partial charge in [-0.05, 0) is 79.6 Å². The van der Waals surface area contributed by atoms with Crippen LogP contribution in [0.3, 0.4) is 0 Å². The van der Waals surface area contributed by atoms with Crippen LogP contribution in [0.25, 0.3) is 11.4 Å². The van der Waals surface area contributed by atoms with Crippen molar-refractivity contribution >= 4 is 5.82 Å². The number of rotatable bonds is 7. The van der Waals surface area contributed by atoms with Gasteiger partial charge >= 0.3 is 0 Å². The Bertz CT molecular complexity index is 919. The zero-order valence-electron chi connectivity index (χ0n) is 16.6. The molecule has 1 atom stereocenters. The molecule has 2 aromatic heterocycles. The van der Waals surface area contributed by atoms with E-state index in [9.17, 15) is 0 Å². The predicted octanol–water partition coefficient (Wildman–Crippen LogP) is 3.47. The number of nitrogens with zero attached hydrogens (tertiary/aromatic N) is 5. The largest absolute Gasteiger partial charge is 0.493 e. The van der Waals surface area contributed by atoms with Crippen molar-refractivity contribution in [2.75, 3.05) is 11.9 Å². The Morgan fingerprint density at radius 3 is 2.75 bits per heavy atom. The van der Waals surface area contributed by atoms with Crippen LogP contribution in [0.1, 0.15) is 36.0 Å². The summed E-state index contributed by atoms with van der Waals surface area (Å²) in [6.45, 7) is 4.85. The van der Waals surface area contributed by atoms with Gasteiger partial charge in [0, 0.05) is 17.8 Å². The Morgan fingerprint density at radius 1 is 1.21 bits per heavy atom. The molecule has 0 fully saturated rings. The lowest BCUT2D eigenvalue weighted by Gasteiger charge is -2.14. The Labute approximate surface area is 165 Å². The summed E-state index contributed by atoms with van der Waals surface area (Å²) in [5, 5.41) is 15.8. The maximum Gasteiger partial charge on any atom is 0.204 e. The van der Waals surface area contributed by atoms with E-state index in [2.05, 4.69) is 57.8 Å². The summed E-state index contributed by atoms with van der Waals surface area (Å²) >= 11 is 0. The van der Waals surface area contributed by atoms with Crippen LogP contribution in [0, 0.1) is 13.8 Å². The molecule has 0 saturated heterocycles. The number of anilines is 1. The molecule has 28 heavy (non-hydrogen) atoms. The van der Waals surface area contributed by atoms with Crippen LogP contribution in [-0.4, -0.2) is 37.8 Å². The fraction of sp³-hybridized carbons (Fsp3) is 0.429. The van der Waals surface area contributed by atoms with Crippen LogP contribution in [0.2, 0.25) is 0 Å². The number of hydrogen-bond donors (Lipinski definition) is 1. The molecule has 1 N–H and O–H groups in total. The second-order valence-corrected chi connectivity index (χ2v) is 7.44.